The van der Waals surface area contributed by atoms with Gasteiger partial charge in [0.05, 0.1) is 0 Å². The summed E-state index contributed by atoms with van der Waals surface area (Å²) < 4.78 is 34.0. The zero-order valence-corrected chi connectivity index (χ0v) is 25.1. The number of ketones is 2. The maximum absolute atomic E-state index is 17.0. The summed E-state index contributed by atoms with van der Waals surface area (Å²) in [6.07, 6.45) is 2.66. The molecular formula is C22H28FNa2O8P. The molecule has 0 bridgehead atoms. The third-order valence-electron chi connectivity index (χ3n) is 8.97. The number of carbonyl (C=O) groups excluding carboxylic acids is 2. The number of carbonyl (C=O) groups is 2. The van der Waals surface area contributed by atoms with E-state index in [1.165, 1.54) is 25.2 Å². The van der Waals surface area contributed by atoms with Crippen LogP contribution in [0, 0.1) is 28.6 Å². The first-order chi connectivity index (χ1) is 14.7. The van der Waals surface area contributed by atoms with Gasteiger partial charge in [0.15, 0.2) is 5.78 Å². The smallest absolute Gasteiger partial charge is 0.850 e. The summed E-state index contributed by atoms with van der Waals surface area (Å²) in [6.45, 7) is 3.43. The molecule has 8 atom stereocenters. The molecular weight excluding hydrogens is 488 g/mol. The van der Waals surface area contributed by atoms with Gasteiger partial charge in [0.25, 0.3) is 0 Å². The Bertz CT molecular complexity index is 984. The summed E-state index contributed by atoms with van der Waals surface area (Å²) in [4.78, 5) is 44.0. The first kappa shape index (κ1) is 31.0. The van der Waals surface area contributed by atoms with Crippen LogP contribution in [0.4, 0.5) is 4.39 Å². The fourth-order valence-electron chi connectivity index (χ4n) is 7.63. The number of fused-ring (bicyclic) bond motifs is 5. The number of alkyl halides is 1. The van der Waals surface area contributed by atoms with E-state index in [1.54, 1.807) is 13.8 Å². The second-order valence-corrected chi connectivity index (χ2v) is 11.4. The number of allylic oxidation sites excluding steroid dienone is 4. The molecule has 2 N–H and O–H groups in total. The fraction of sp³-hybridized carbons (Fsp3) is 0.727. The Kier molecular flexibility index (Phi) is 8.96. The van der Waals surface area contributed by atoms with E-state index in [4.69, 9.17) is 4.52 Å². The van der Waals surface area contributed by atoms with Crippen molar-refractivity contribution in [2.24, 2.45) is 28.6 Å². The molecule has 4 rings (SSSR count). The molecule has 0 aromatic heterocycles. The van der Waals surface area contributed by atoms with Crippen molar-refractivity contribution < 1.29 is 102 Å². The van der Waals surface area contributed by atoms with Crippen LogP contribution >= 0.6 is 7.82 Å². The zero-order valence-electron chi connectivity index (χ0n) is 20.2. The molecule has 4 aliphatic rings. The standard InChI is InChI=1S/C22H28FO8P.2Na/c1-12-8-16-15-5-4-13-9-14(25)6-7-19(13,2)21(15,23)17(26)10-20(16,3)22(12,18(27)11-24)31-32(28,29)30;;/h6-7,9,12,15-17H,4-5,8,10-11H2,1-3H3,(H2,28,29,30);;/q-2;2*+1/t12-,15?,16?,17+,19+,20+,21+,22+;;/m1../s1. The maximum Gasteiger partial charge on any atom is 1.00 e. The Hall–Kier alpha value is 0.780. The van der Waals surface area contributed by atoms with Crippen LogP contribution < -0.4 is 69.3 Å². The molecule has 0 spiro atoms. The minimum atomic E-state index is -5.22. The van der Waals surface area contributed by atoms with Crippen LogP contribution in [0.25, 0.3) is 0 Å². The molecule has 2 unspecified atom stereocenters. The van der Waals surface area contributed by atoms with Crippen LogP contribution in [0.1, 0.15) is 46.5 Å². The number of Topliss-reactive ketones (excluding diaryl/α,β-unsaturated/α-hetero) is 1. The molecule has 0 amide bonds. The van der Waals surface area contributed by atoms with E-state index in [1.807, 2.05) is 0 Å². The largest absolute Gasteiger partial charge is 1.00 e. The summed E-state index contributed by atoms with van der Waals surface area (Å²) in [5.41, 5.74) is -6.59. The first-order valence-corrected chi connectivity index (χ1v) is 12.4. The summed E-state index contributed by atoms with van der Waals surface area (Å²) in [6, 6.07) is 0. The Labute approximate surface area is 242 Å². The number of phosphoric acid groups is 1. The van der Waals surface area contributed by atoms with E-state index in [0.29, 0.717) is 12.0 Å². The summed E-state index contributed by atoms with van der Waals surface area (Å²) in [7, 11) is -5.22. The molecule has 12 heteroatoms. The minimum absolute atomic E-state index is 0. The zero-order chi connectivity index (χ0) is 23.9. The predicted molar refractivity (Wildman–Crippen MR) is 106 cm³/mol. The van der Waals surface area contributed by atoms with Crippen LogP contribution in [-0.4, -0.2) is 45.3 Å². The van der Waals surface area contributed by atoms with Gasteiger partial charge >= 0.3 is 66.9 Å². The molecule has 3 fully saturated rings. The molecule has 0 heterocycles. The quantitative estimate of drug-likeness (QED) is 0.279. The van der Waals surface area contributed by atoms with Gasteiger partial charge in [-0.05, 0) is 56.1 Å². The van der Waals surface area contributed by atoms with Crippen LogP contribution in [0.15, 0.2) is 23.8 Å². The maximum atomic E-state index is 17.0. The van der Waals surface area contributed by atoms with Gasteiger partial charge in [-0.3, -0.25) is 14.1 Å². The van der Waals surface area contributed by atoms with Crippen molar-refractivity contribution in [1.29, 1.82) is 0 Å². The van der Waals surface area contributed by atoms with Crippen LogP contribution in [0.2, 0.25) is 0 Å². The van der Waals surface area contributed by atoms with Gasteiger partial charge in [-0.1, -0.05) is 44.6 Å². The molecule has 0 radical (unpaired) electrons. The van der Waals surface area contributed by atoms with E-state index in [9.17, 15) is 34.2 Å². The monoisotopic (exact) mass is 516 g/mol. The summed E-state index contributed by atoms with van der Waals surface area (Å²) in [5, 5.41) is 25.3. The van der Waals surface area contributed by atoms with Gasteiger partial charge in [-0.25, -0.2) is 8.96 Å². The van der Waals surface area contributed by atoms with Crippen LogP contribution in [0.3, 0.4) is 0 Å². The Morgan fingerprint density at radius 1 is 1.29 bits per heavy atom. The van der Waals surface area contributed by atoms with Crippen molar-refractivity contribution >= 4 is 19.4 Å². The van der Waals surface area contributed by atoms with Crippen LogP contribution in [-0.2, 0) is 18.7 Å². The number of halogens is 1. The van der Waals surface area contributed by atoms with Crippen molar-refractivity contribution in [3.05, 3.63) is 23.8 Å². The number of hydrogen-bond acceptors (Lipinski definition) is 6. The van der Waals surface area contributed by atoms with E-state index in [-0.39, 0.29) is 77.7 Å². The average molecular weight is 516 g/mol. The van der Waals surface area contributed by atoms with Gasteiger partial charge in [0, 0.05) is 10.8 Å². The third-order valence-corrected chi connectivity index (χ3v) is 9.49. The molecule has 3 saturated carbocycles. The van der Waals surface area contributed by atoms with E-state index >= 15 is 4.39 Å². The Morgan fingerprint density at radius 3 is 2.47 bits per heavy atom. The van der Waals surface area contributed by atoms with Crippen LogP contribution in [0.5, 0.6) is 0 Å². The number of rotatable bonds is 4. The summed E-state index contributed by atoms with van der Waals surface area (Å²) in [5.74, 6) is -3.52. The fourth-order valence-corrected chi connectivity index (χ4v) is 8.49. The van der Waals surface area contributed by atoms with E-state index in [0.717, 1.165) is 0 Å². The number of hydrogen-bond donors (Lipinski definition) is 2. The topological polar surface area (TPSA) is 147 Å². The average Bonchev–Trinajstić information content (AvgIpc) is 2.90. The normalized spacial score (nSPS) is 45.2. The van der Waals surface area contributed by atoms with Crippen molar-refractivity contribution in [2.75, 3.05) is 6.61 Å². The van der Waals surface area contributed by atoms with E-state index in [2.05, 4.69) is 0 Å². The predicted octanol–water partition coefficient (Wildman–Crippen LogP) is -5.24. The van der Waals surface area contributed by atoms with E-state index < -0.39 is 72.6 Å². The van der Waals surface area contributed by atoms with Gasteiger partial charge in [0.2, 0.25) is 0 Å². The molecule has 0 aromatic carbocycles. The Balaban J connectivity index is 0.00000204. The van der Waals surface area contributed by atoms with Crippen molar-refractivity contribution in [3.63, 3.8) is 0 Å². The molecule has 0 aromatic rings. The van der Waals surface area contributed by atoms with Gasteiger partial charge in [-0.2, -0.15) is 0 Å². The molecule has 4 aliphatic carbocycles. The second-order valence-electron chi connectivity index (χ2n) is 10.3. The molecule has 34 heavy (non-hydrogen) atoms. The molecule has 0 saturated heterocycles. The minimum Gasteiger partial charge on any atom is -0.850 e. The SMILES string of the molecule is C[C@@H]1CC2C3CCC4=CC(=O)C=C[C@]4(C)[C@@]3(F)[C@@H]([O-])C[C@]2(C)[C@@]1(OP(=O)(O)O)C(=O)C[O-].[Na+].[Na+]. The van der Waals surface area contributed by atoms with Gasteiger partial charge in [-0.15, -0.1) is 0 Å². The number of phosphoric ester groups is 1. The van der Waals surface area contributed by atoms with Gasteiger partial charge in [0.1, 0.15) is 17.1 Å². The van der Waals surface area contributed by atoms with Crippen molar-refractivity contribution in [1.82, 2.24) is 0 Å². The first-order valence-electron chi connectivity index (χ1n) is 10.8. The second kappa shape index (κ2) is 9.83. The van der Waals surface area contributed by atoms with Crippen molar-refractivity contribution in [3.8, 4) is 0 Å². The Morgan fingerprint density at radius 2 is 1.91 bits per heavy atom. The molecule has 0 aliphatic heterocycles. The third kappa shape index (κ3) is 4.02. The summed E-state index contributed by atoms with van der Waals surface area (Å²) >= 11 is 0. The van der Waals surface area contributed by atoms with Gasteiger partial charge < -0.3 is 20.0 Å². The molecule has 178 valence electrons. The van der Waals surface area contributed by atoms with Crippen molar-refractivity contribution in [2.45, 2.75) is 63.8 Å². The molecule has 8 nitrogen and oxygen atoms in total.